The molecule has 146 valence electrons. The van der Waals surface area contributed by atoms with E-state index in [-0.39, 0.29) is 11.8 Å². The van der Waals surface area contributed by atoms with Crippen LogP contribution in [0.25, 0.3) is 22.2 Å². The number of amides is 2. The van der Waals surface area contributed by atoms with E-state index in [0.29, 0.717) is 10.7 Å². The number of carbonyl (C=O) groups is 2. The van der Waals surface area contributed by atoms with Crippen molar-refractivity contribution in [2.24, 2.45) is 0 Å². The molecule has 29 heavy (non-hydrogen) atoms. The van der Waals surface area contributed by atoms with Gasteiger partial charge in [0.2, 0.25) is 5.91 Å². The second kappa shape index (κ2) is 7.89. The summed E-state index contributed by atoms with van der Waals surface area (Å²) < 4.78 is 2.06. The van der Waals surface area contributed by atoms with Gasteiger partial charge in [0.25, 0.3) is 5.91 Å². The first-order chi connectivity index (χ1) is 14.0. The van der Waals surface area contributed by atoms with Crippen LogP contribution in [0.4, 0.5) is 10.8 Å². The molecule has 2 aromatic carbocycles. The number of aryl methyl sites for hydroxylation is 1. The van der Waals surface area contributed by atoms with Gasteiger partial charge in [0.15, 0.2) is 5.13 Å². The molecule has 2 aromatic heterocycles. The third-order valence-electron chi connectivity index (χ3n) is 4.60. The maximum absolute atomic E-state index is 12.9. The Morgan fingerprint density at radius 2 is 1.83 bits per heavy atom. The van der Waals surface area contributed by atoms with Crippen molar-refractivity contribution >= 4 is 44.9 Å². The van der Waals surface area contributed by atoms with Crippen LogP contribution in [0.3, 0.4) is 0 Å². The average Bonchev–Trinajstić information content (AvgIpc) is 3.32. The first kappa shape index (κ1) is 18.9. The molecule has 0 atom stereocenters. The summed E-state index contributed by atoms with van der Waals surface area (Å²) in [5.74, 6) is -0.281. The third kappa shape index (κ3) is 3.90. The van der Waals surface area contributed by atoms with E-state index >= 15 is 0 Å². The predicted octanol–water partition coefficient (Wildman–Crippen LogP) is 5.00. The summed E-state index contributed by atoms with van der Waals surface area (Å²) in [6.07, 6.45) is 1.88. The molecular formula is C22H20N4O2S. The van der Waals surface area contributed by atoms with E-state index in [1.807, 2.05) is 60.1 Å². The summed E-state index contributed by atoms with van der Waals surface area (Å²) in [6.45, 7) is 4.32. The second-order valence-electron chi connectivity index (χ2n) is 6.60. The lowest BCUT2D eigenvalue weighted by atomic mass is 10.1. The maximum Gasteiger partial charge on any atom is 0.259 e. The highest BCUT2D eigenvalue weighted by molar-refractivity contribution is 7.14. The number of anilines is 2. The number of thiazole rings is 1. The zero-order valence-electron chi connectivity index (χ0n) is 16.1. The van der Waals surface area contributed by atoms with Crippen LogP contribution in [0.15, 0.2) is 60.1 Å². The van der Waals surface area contributed by atoms with Gasteiger partial charge in [0.05, 0.1) is 11.3 Å². The number of hydrogen-bond donors (Lipinski definition) is 2. The van der Waals surface area contributed by atoms with Gasteiger partial charge in [-0.3, -0.25) is 14.9 Å². The molecule has 2 N–H and O–H groups in total. The highest BCUT2D eigenvalue weighted by atomic mass is 32.1. The minimum absolute atomic E-state index is 0.110. The summed E-state index contributed by atoms with van der Waals surface area (Å²) in [5, 5.41) is 9.03. The largest absolute Gasteiger partial charge is 0.347 e. The highest BCUT2D eigenvalue weighted by Crippen LogP contribution is 2.27. The first-order valence-electron chi connectivity index (χ1n) is 9.28. The number of carbonyl (C=O) groups excluding carboxylic acids is 2. The Hall–Kier alpha value is -3.45. The zero-order chi connectivity index (χ0) is 20.4. The smallest absolute Gasteiger partial charge is 0.259 e. The molecule has 0 fully saturated rings. The Bertz CT molecular complexity index is 1190. The Morgan fingerprint density at radius 3 is 2.55 bits per heavy atom. The van der Waals surface area contributed by atoms with Gasteiger partial charge in [0.1, 0.15) is 0 Å². The lowest BCUT2D eigenvalue weighted by molar-refractivity contribution is -0.114. The van der Waals surface area contributed by atoms with E-state index in [4.69, 9.17) is 0 Å². The molecule has 4 aromatic rings. The van der Waals surface area contributed by atoms with Crippen molar-refractivity contribution in [3.8, 4) is 11.3 Å². The van der Waals surface area contributed by atoms with Crippen LogP contribution in [0.2, 0.25) is 0 Å². The standard InChI is InChI=1S/C22H20N4O2S/c1-3-26-12-18(17-6-4-5-7-20(17)26)21(28)25-22-24-19(13-29-22)15-8-10-16(11-9-15)23-14(2)27/h4-13H,3H2,1-2H3,(H,23,27)(H,24,25,28). The molecule has 0 saturated carbocycles. The number of rotatable bonds is 5. The van der Waals surface area contributed by atoms with Gasteiger partial charge in [-0.2, -0.15) is 0 Å². The molecule has 2 amide bonds. The number of aromatic nitrogens is 2. The van der Waals surface area contributed by atoms with E-state index in [1.165, 1.54) is 18.3 Å². The molecule has 2 heterocycles. The summed E-state index contributed by atoms with van der Waals surface area (Å²) in [5.41, 5.74) is 4.10. The Kier molecular flexibility index (Phi) is 5.14. The fourth-order valence-corrected chi connectivity index (χ4v) is 3.96. The summed E-state index contributed by atoms with van der Waals surface area (Å²) in [6, 6.07) is 15.3. The van der Waals surface area contributed by atoms with Crippen molar-refractivity contribution in [2.45, 2.75) is 20.4 Å². The highest BCUT2D eigenvalue weighted by Gasteiger charge is 2.16. The zero-order valence-corrected chi connectivity index (χ0v) is 16.9. The first-order valence-corrected chi connectivity index (χ1v) is 10.2. The molecular weight excluding hydrogens is 384 g/mol. The van der Waals surface area contributed by atoms with Crippen LogP contribution in [0, 0.1) is 0 Å². The van der Waals surface area contributed by atoms with Gasteiger partial charge in [-0.15, -0.1) is 11.3 Å². The molecule has 0 aliphatic rings. The van der Waals surface area contributed by atoms with Crippen molar-refractivity contribution in [3.05, 3.63) is 65.7 Å². The normalized spacial score (nSPS) is 10.8. The van der Waals surface area contributed by atoms with Gasteiger partial charge in [-0.05, 0) is 25.1 Å². The van der Waals surface area contributed by atoms with Crippen LogP contribution >= 0.6 is 11.3 Å². The summed E-state index contributed by atoms with van der Waals surface area (Å²) in [7, 11) is 0. The summed E-state index contributed by atoms with van der Waals surface area (Å²) in [4.78, 5) is 28.5. The fraction of sp³-hybridized carbons (Fsp3) is 0.136. The number of benzene rings is 2. The quantitative estimate of drug-likeness (QED) is 0.492. The molecule has 0 saturated heterocycles. The van der Waals surface area contributed by atoms with Crippen molar-refractivity contribution in [3.63, 3.8) is 0 Å². The third-order valence-corrected chi connectivity index (χ3v) is 5.36. The fourth-order valence-electron chi connectivity index (χ4n) is 3.25. The van der Waals surface area contributed by atoms with Gasteiger partial charge in [0, 0.05) is 47.2 Å². The molecule has 7 heteroatoms. The Labute approximate surface area is 172 Å². The molecule has 0 bridgehead atoms. The Balaban J connectivity index is 1.54. The minimum atomic E-state index is -0.171. The van der Waals surface area contributed by atoms with E-state index in [0.717, 1.165) is 34.4 Å². The summed E-state index contributed by atoms with van der Waals surface area (Å²) >= 11 is 1.38. The van der Waals surface area contributed by atoms with Gasteiger partial charge in [-0.1, -0.05) is 30.3 Å². The van der Waals surface area contributed by atoms with Crippen LogP contribution < -0.4 is 10.6 Å². The van der Waals surface area contributed by atoms with Crippen molar-refractivity contribution in [1.29, 1.82) is 0 Å². The lowest BCUT2D eigenvalue weighted by Gasteiger charge is -2.03. The number of para-hydroxylation sites is 1. The maximum atomic E-state index is 12.9. The molecule has 0 aliphatic heterocycles. The number of nitrogens with one attached hydrogen (secondary N) is 2. The molecule has 6 nitrogen and oxygen atoms in total. The van der Waals surface area contributed by atoms with E-state index in [9.17, 15) is 9.59 Å². The van der Waals surface area contributed by atoms with Crippen LogP contribution in [0.1, 0.15) is 24.2 Å². The van der Waals surface area contributed by atoms with Crippen molar-refractivity contribution < 1.29 is 9.59 Å². The average molecular weight is 404 g/mol. The van der Waals surface area contributed by atoms with Crippen LogP contribution in [0.5, 0.6) is 0 Å². The van der Waals surface area contributed by atoms with Crippen LogP contribution in [-0.2, 0) is 11.3 Å². The number of fused-ring (bicyclic) bond motifs is 1. The van der Waals surface area contributed by atoms with Gasteiger partial charge < -0.3 is 9.88 Å². The van der Waals surface area contributed by atoms with E-state index in [1.54, 1.807) is 0 Å². The second-order valence-corrected chi connectivity index (χ2v) is 7.45. The van der Waals surface area contributed by atoms with Crippen molar-refractivity contribution in [1.82, 2.24) is 9.55 Å². The van der Waals surface area contributed by atoms with Crippen LogP contribution in [-0.4, -0.2) is 21.4 Å². The molecule has 0 radical (unpaired) electrons. The monoisotopic (exact) mass is 404 g/mol. The topological polar surface area (TPSA) is 76.0 Å². The lowest BCUT2D eigenvalue weighted by Crippen LogP contribution is -2.11. The minimum Gasteiger partial charge on any atom is -0.347 e. The molecule has 4 rings (SSSR count). The van der Waals surface area contributed by atoms with Gasteiger partial charge in [-0.25, -0.2) is 4.98 Å². The predicted molar refractivity (Wildman–Crippen MR) is 117 cm³/mol. The van der Waals surface area contributed by atoms with E-state index in [2.05, 4.69) is 27.1 Å². The molecule has 0 unspecified atom stereocenters. The number of hydrogen-bond acceptors (Lipinski definition) is 4. The van der Waals surface area contributed by atoms with E-state index < -0.39 is 0 Å². The Morgan fingerprint density at radius 1 is 1.07 bits per heavy atom. The number of nitrogens with zero attached hydrogens (tertiary/aromatic N) is 2. The van der Waals surface area contributed by atoms with Crippen molar-refractivity contribution in [2.75, 3.05) is 10.6 Å². The molecule has 0 aliphatic carbocycles. The molecule has 0 spiro atoms. The SMILES string of the molecule is CCn1cc(C(=O)Nc2nc(-c3ccc(NC(C)=O)cc3)cs2)c2ccccc21. The van der Waals surface area contributed by atoms with Gasteiger partial charge >= 0.3 is 0 Å².